The first-order valence-electron chi connectivity index (χ1n) is 7.67. The van der Waals surface area contributed by atoms with Crippen LogP contribution in [0.15, 0.2) is 73.3 Å². The van der Waals surface area contributed by atoms with Gasteiger partial charge in [0.1, 0.15) is 0 Å². The van der Waals surface area contributed by atoms with Gasteiger partial charge in [-0.1, -0.05) is 73.7 Å². The molecule has 3 rings (SSSR count). The van der Waals surface area contributed by atoms with Crippen molar-refractivity contribution in [2.24, 2.45) is 5.41 Å². The molecule has 21 heavy (non-hydrogen) atoms. The Hall–Kier alpha value is -1.86. The van der Waals surface area contributed by atoms with Crippen LogP contribution in [0.2, 0.25) is 0 Å². The fraction of sp³-hybridized carbons (Fsp3) is 0.300. The van der Waals surface area contributed by atoms with E-state index in [4.69, 9.17) is 0 Å². The zero-order valence-electron chi connectivity index (χ0n) is 12.7. The lowest BCUT2D eigenvalue weighted by Gasteiger charge is -2.24. The second-order valence-corrected chi connectivity index (χ2v) is 6.31. The minimum atomic E-state index is 0.281. The van der Waals surface area contributed by atoms with E-state index in [-0.39, 0.29) is 5.41 Å². The Bertz CT molecular complexity index is 548. The van der Waals surface area contributed by atoms with Crippen LogP contribution >= 0.6 is 0 Å². The van der Waals surface area contributed by atoms with Crippen LogP contribution in [0.1, 0.15) is 24.5 Å². The summed E-state index contributed by atoms with van der Waals surface area (Å²) >= 11 is 0. The standard InChI is InChI=1S/C20H23N/c1-3-20(2)14-19(20)21(15-17-10-6-4-7-11-17)16-18-12-8-5-9-13-18/h3-13,19H,1,14-16H2,2H3/t19-,20+/m1/s1. The van der Waals surface area contributed by atoms with Gasteiger partial charge in [0, 0.05) is 24.5 Å². The Balaban J connectivity index is 1.77. The monoisotopic (exact) mass is 277 g/mol. The van der Waals surface area contributed by atoms with Gasteiger partial charge in [0.05, 0.1) is 0 Å². The van der Waals surface area contributed by atoms with Crippen LogP contribution in [0.5, 0.6) is 0 Å². The van der Waals surface area contributed by atoms with Gasteiger partial charge < -0.3 is 0 Å². The first-order chi connectivity index (χ1) is 10.2. The Morgan fingerprint density at radius 1 is 1.00 bits per heavy atom. The third-order valence-electron chi connectivity index (χ3n) is 4.60. The molecule has 1 aliphatic rings. The molecule has 1 nitrogen and oxygen atoms in total. The summed E-state index contributed by atoms with van der Waals surface area (Å²) in [6.45, 7) is 8.34. The number of benzene rings is 2. The quantitative estimate of drug-likeness (QED) is 0.694. The maximum absolute atomic E-state index is 4.01. The zero-order valence-corrected chi connectivity index (χ0v) is 12.7. The molecule has 0 bridgehead atoms. The highest BCUT2D eigenvalue weighted by molar-refractivity contribution is 5.21. The van der Waals surface area contributed by atoms with Gasteiger partial charge in [0.15, 0.2) is 0 Å². The van der Waals surface area contributed by atoms with Gasteiger partial charge in [-0.15, -0.1) is 6.58 Å². The predicted molar refractivity (Wildman–Crippen MR) is 88.8 cm³/mol. The lowest BCUT2D eigenvalue weighted by molar-refractivity contribution is 0.224. The largest absolute Gasteiger partial charge is 0.291 e. The van der Waals surface area contributed by atoms with Crippen molar-refractivity contribution in [3.63, 3.8) is 0 Å². The minimum absolute atomic E-state index is 0.281. The molecule has 1 heteroatoms. The van der Waals surface area contributed by atoms with E-state index in [9.17, 15) is 0 Å². The Morgan fingerprint density at radius 3 is 1.86 bits per heavy atom. The van der Waals surface area contributed by atoms with Gasteiger partial charge in [-0.2, -0.15) is 0 Å². The smallest absolute Gasteiger partial charge is 0.0240 e. The summed E-state index contributed by atoms with van der Waals surface area (Å²) in [6.07, 6.45) is 3.34. The van der Waals surface area contributed by atoms with Crippen molar-refractivity contribution in [3.05, 3.63) is 84.4 Å². The molecule has 0 unspecified atom stereocenters. The van der Waals surface area contributed by atoms with Crippen molar-refractivity contribution in [3.8, 4) is 0 Å². The fourth-order valence-corrected chi connectivity index (χ4v) is 3.04. The van der Waals surface area contributed by atoms with Crippen molar-refractivity contribution in [1.82, 2.24) is 4.90 Å². The zero-order chi connectivity index (χ0) is 14.7. The summed E-state index contributed by atoms with van der Waals surface area (Å²) < 4.78 is 0. The van der Waals surface area contributed by atoms with E-state index < -0.39 is 0 Å². The molecule has 2 aromatic rings. The van der Waals surface area contributed by atoms with Crippen LogP contribution in [0.3, 0.4) is 0 Å². The van der Waals surface area contributed by atoms with Crippen LogP contribution in [-0.2, 0) is 13.1 Å². The van der Waals surface area contributed by atoms with Crippen molar-refractivity contribution in [1.29, 1.82) is 0 Å². The summed E-state index contributed by atoms with van der Waals surface area (Å²) in [5.41, 5.74) is 3.04. The average molecular weight is 277 g/mol. The molecular formula is C20H23N. The van der Waals surface area contributed by atoms with Crippen molar-refractivity contribution < 1.29 is 0 Å². The molecule has 1 fully saturated rings. The molecule has 2 atom stereocenters. The van der Waals surface area contributed by atoms with E-state index in [0.717, 1.165) is 13.1 Å². The van der Waals surface area contributed by atoms with E-state index >= 15 is 0 Å². The third-order valence-corrected chi connectivity index (χ3v) is 4.60. The molecule has 1 saturated carbocycles. The summed E-state index contributed by atoms with van der Waals surface area (Å²) in [7, 11) is 0. The molecule has 0 saturated heterocycles. The Kier molecular flexibility index (Phi) is 3.94. The maximum Gasteiger partial charge on any atom is 0.0240 e. The van der Waals surface area contributed by atoms with E-state index in [2.05, 4.69) is 85.1 Å². The third kappa shape index (κ3) is 3.25. The SMILES string of the molecule is C=C[C@@]1(C)C[C@H]1N(Cc1ccccc1)Cc1ccccc1. The summed E-state index contributed by atoms with van der Waals surface area (Å²) in [6, 6.07) is 22.1. The fourth-order valence-electron chi connectivity index (χ4n) is 3.04. The lowest BCUT2D eigenvalue weighted by atomic mass is 10.1. The molecule has 0 aromatic heterocycles. The first kappa shape index (κ1) is 14.1. The van der Waals surface area contributed by atoms with Crippen LogP contribution in [0.25, 0.3) is 0 Å². The lowest BCUT2D eigenvalue weighted by Crippen LogP contribution is -2.28. The topological polar surface area (TPSA) is 3.24 Å². The van der Waals surface area contributed by atoms with Gasteiger partial charge in [-0.05, 0) is 17.5 Å². The first-order valence-corrected chi connectivity index (χ1v) is 7.67. The predicted octanol–water partition coefficient (Wildman–Crippen LogP) is 4.65. The number of rotatable bonds is 6. The average Bonchev–Trinajstić information content (AvgIpc) is 3.21. The molecule has 0 aliphatic heterocycles. The van der Waals surface area contributed by atoms with Crippen LogP contribution in [0, 0.1) is 5.41 Å². The molecule has 2 aromatic carbocycles. The van der Waals surface area contributed by atoms with Crippen LogP contribution < -0.4 is 0 Å². The summed E-state index contributed by atoms with van der Waals surface area (Å²) in [5, 5.41) is 0. The van der Waals surface area contributed by atoms with Crippen LogP contribution in [-0.4, -0.2) is 10.9 Å². The maximum atomic E-state index is 4.01. The molecule has 0 N–H and O–H groups in total. The highest BCUT2D eigenvalue weighted by Gasteiger charge is 2.50. The summed E-state index contributed by atoms with van der Waals surface area (Å²) in [4.78, 5) is 2.59. The molecular weight excluding hydrogens is 254 g/mol. The number of hydrogen-bond donors (Lipinski definition) is 0. The highest BCUT2D eigenvalue weighted by Crippen LogP contribution is 2.50. The second kappa shape index (κ2) is 5.87. The molecule has 0 spiro atoms. The molecule has 108 valence electrons. The van der Waals surface area contributed by atoms with Gasteiger partial charge in [-0.25, -0.2) is 0 Å². The number of nitrogens with zero attached hydrogens (tertiary/aromatic N) is 1. The van der Waals surface area contributed by atoms with Gasteiger partial charge in [0.25, 0.3) is 0 Å². The van der Waals surface area contributed by atoms with E-state index in [1.807, 2.05) is 0 Å². The summed E-state index contributed by atoms with van der Waals surface area (Å²) in [5.74, 6) is 0. The van der Waals surface area contributed by atoms with E-state index in [1.165, 1.54) is 17.5 Å². The van der Waals surface area contributed by atoms with E-state index in [0.29, 0.717) is 6.04 Å². The molecule has 0 radical (unpaired) electrons. The molecule has 0 amide bonds. The minimum Gasteiger partial charge on any atom is -0.291 e. The number of hydrogen-bond acceptors (Lipinski definition) is 1. The van der Waals surface area contributed by atoms with Crippen molar-refractivity contribution in [2.45, 2.75) is 32.5 Å². The Labute approximate surface area is 127 Å². The normalized spacial score (nSPS) is 24.0. The van der Waals surface area contributed by atoms with Gasteiger partial charge in [-0.3, -0.25) is 4.90 Å². The van der Waals surface area contributed by atoms with Gasteiger partial charge >= 0.3 is 0 Å². The highest BCUT2D eigenvalue weighted by atomic mass is 15.2. The van der Waals surface area contributed by atoms with Crippen LogP contribution in [0.4, 0.5) is 0 Å². The molecule has 1 aliphatic carbocycles. The molecule has 0 heterocycles. The van der Waals surface area contributed by atoms with Gasteiger partial charge in [0.2, 0.25) is 0 Å². The Morgan fingerprint density at radius 2 is 1.48 bits per heavy atom. The second-order valence-electron chi connectivity index (χ2n) is 6.31. The van der Waals surface area contributed by atoms with Crippen molar-refractivity contribution in [2.75, 3.05) is 0 Å². The van der Waals surface area contributed by atoms with Crippen molar-refractivity contribution >= 4 is 0 Å². The van der Waals surface area contributed by atoms with E-state index in [1.54, 1.807) is 0 Å².